The summed E-state index contributed by atoms with van der Waals surface area (Å²) < 4.78 is 12.0. The molecule has 2 rings (SSSR count). The topological polar surface area (TPSA) is 18.5 Å². The molecule has 2 nitrogen and oxygen atoms in total. The summed E-state index contributed by atoms with van der Waals surface area (Å²) in [4.78, 5) is 0. The average molecular weight is 368 g/mol. The summed E-state index contributed by atoms with van der Waals surface area (Å²) in [6.45, 7) is 6.86. The fourth-order valence-corrected chi connectivity index (χ4v) is 3.79. The van der Waals surface area contributed by atoms with Crippen LogP contribution in [0.4, 0.5) is 0 Å². The second kappa shape index (κ2) is 6.67. The van der Waals surface area contributed by atoms with Crippen LogP contribution in [0.2, 0.25) is 6.04 Å². The van der Waals surface area contributed by atoms with Crippen molar-refractivity contribution in [2.45, 2.75) is 52.1 Å². The number of hydrogen-bond donors (Lipinski definition) is 0. The first-order valence-electron chi connectivity index (χ1n) is 7.25. The van der Waals surface area contributed by atoms with Crippen LogP contribution in [-0.2, 0) is 17.8 Å². The van der Waals surface area contributed by atoms with E-state index >= 15 is 0 Å². The maximum absolute atomic E-state index is 6.08. The molecule has 1 aromatic carbocycles. The molecule has 1 aliphatic rings. The van der Waals surface area contributed by atoms with Gasteiger partial charge in [0.2, 0.25) is 5.79 Å². The number of hydrogen-bond acceptors (Lipinski definition) is 2. The lowest BCUT2D eigenvalue weighted by atomic mass is 9.97. The van der Waals surface area contributed by atoms with Gasteiger partial charge in [-0.3, -0.25) is 0 Å². The summed E-state index contributed by atoms with van der Waals surface area (Å²) in [5.74, 6) is 0.688. The van der Waals surface area contributed by atoms with Crippen LogP contribution in [0.25, 0.3) is 0 Å². The molecule has 0 spiro atoms. The minimum atomic E-state index is -2.56. The van der Waals surface area contributed by atoms with Gasteiger partial charge < -0.3 is 9.47 Å². The molecule has 0 radical (unpaired) electrons. The van der Waals surface area contributed by atoms with E-state index in [1.165, 1.54) is 0 Å². The monoisotopic (exact) mass is 366 g/mol. The molecule has 0 aliphatic carbocycles. The number of benzene rings is 1. The van der Waals surface area contributed by atoms with Crippen LogP contribution in [-0.4, -0.2) is 11.8 Å². The Morgan fingerprint density at radius 3 is 2.67 bits per heavy atom. The number of halogens is 3. The lowest BCUT2D eigenvalue weighted by Crippen LogP contribution is -2.44. The van der Waals surface area contributed by atoms with Gasteiger partial charge in [0.25, 0.3) is 0 Å². The Morgan fingerprint density at radius 1 is 1.33 bits per heavy atom. The van der Waals surface area contributed by atoms with E-state index < -0.39 is 11.8 Å². The second-order valence-corrected chi connectivity index (χ2v) is 15.1. The number of aryl methyl sites for hydroxylation is 1. The zero-order valence-electron chi connectivity index (χ0n) is 12.6. The highest BCUT2D eigenvalue weighted by Gasteiger charge is 2.37. The standard InChI is InChI=1S/C15H21Cl3O2Si/c1-4-11(2)15(3)19-10-13-9-12(5-6-14(13)20-15)7-8-21(16,17)18/h5-6,9,11H,4,7-8,10H2,1-3H3. The van der Waals surface area contributed by atoms with Crippen molar-refractivity contribution in [3.8, 4) is 5.75 Å². The van der Waals surface area contributed by atoms with Gasteiger partial charge in [0.05, 0.1) is 6.61 Å². The molecule has 0 N–H and O–H groups in total. The predicted octanol–water partition coefficient (Wildman–Crippen LogP) is 5.56. The van der Waals surface area contributed by atoms with Crippen molar-refractivity contribution in [1.82, 2.24) is 0 Å². The summed E-state index contributed by atoms with van der Waals surface area (Å²) in [5.41, 5.74) is 2.23. The van der Waals surface area contributed by atoms with E-state index in [0.717, 1.165) is 29.7 Å². The number of rotatable bonds is 5. The van der Waals surface area contributed by atoms with Crippen LogP contribution in [0.5, 0.6) is 5.75 Å². The van der Waals surface area contributed by atoms with E-state index in [1.54, 1.807) is 0 Å². The Balaban J connectivity index is 2.10. The molecule has 0 bridgehead atoms. The first-order valence-corrected chi connectivity index (χ1v) is 12.5. The van der Waals surface area contributed by atoms with E-state index in [4.69, 9.17) is 42.7 Å². The van der Waals surface area contributed by atoms with Gasteiger partial charge in [-0.15, -0.1) is 33.2 Å². The summed E-state index contributed by atoms with van der Waals surface area (Å²) in [6, 6.07) is 4.21. The molecule has 2 atom stereocenters. The zero-order chi connectivity index (χ0) is 15.7. The molecule has 0 saturated carbocycles. The minimum absolute atomic E-state index is 0.334. The molecule has 6 heteroatoms. The molecule has 1 heterocycles. The molecule has 21 heavy (non-hydrogen) atoms. The minimum Gasteiger partial charge on any atom is -0.462 e. The molecular formula is C15H21Cl3O2Si. The maximum Gasteiger partial charge on any atom is 0.341 e. The highest BCUT2D eigenvalue weighted by molar-refractivity contribution is 7.64. The maximum atomic E-state index is 6.08. The molecule has 2 unspecified atom stereocenters. The van der Waals surface area contributed by atoms with Gasteiger partial charge in [-0.1, -0.05) is 19.9 Å². The second-order valence-electron chi connectivity index (χ2n) is 5.77. The Morgan fingerprint density at radius 2 is 2.05 bits per heavy atom. The van der Waals surface area contributed by atoms with E-state index in [0.29, 0.717) is 18.6 Å². The van der Waals surface area contributed by atoms with Crippen LogP contribution in [0, 0.1) is 5.92 Å². The summed E-state index contributed by atoms with van der Waals surface area (Å²) in [5, 5.41) is 0. The van der Waals surface area contributed by atoms with Crippen molar-refractivity contribution in [1.29, 1.82) is 0 Å². The van der Waals surface area contributed by atoms with Gasteiger partial charge >= 0.3 is 6.00 Å². The Hall–Kier alpha value is 0.0669. The van der Waals surface area contributed by atoms with Crippen molar-refractivity contribution in [3.63, 3.8) is 0 Å². The van der Waals surface area contributed by atoms with Crippen LogP contribution in [0.15, 0.2) is 18.2 Å². The van der Waals surface area contributed by atoms with Gasteiger partial charge in [0, 0.05) is 18.4 Å². The fraction of sp³-hybridized carbons (Fsp3) is 0.600. The largest absolute Gasteiger partial charge is 0.462 e. The van der Waals surface area contributed by atoms with Crippen LogP contribution in [0.3, 0.4) is 0 Å². The third kappa shape index (κ3) is 4.52. The molecule has 1 aromatic rings. The lowest BCUT2D eigenvalue weighted by Gasteiger charge is -2.39. The highest BCUT2D eigenvalue weighted by atomic mass is 35.8. The van der Waals surface area contributed by atoms with Crippen molar-refractivity contribution >= 4 is 39.2 Å². The van der Waals surface area contributed by atoms with Crippen molar-refractivity contribution in [2.75, 3.05) is 0 Å². The van der Waals surface area contributed by atoms with Crippen LogP contribution in [0.1, 0.15) is 38.3 Å². The molecule has 1 aliphatic heterocycles. The van der Waals surface area contributed by atoms with Crippen LogP contribution >= 0.6 is 33.2 Å². The first kappa shape index (κ1) is 17.4. The lowest BCUT2D eigenvalue weighted by molar-refractivity contribution is -0.223. The van der Waals surface area contributed by atoms with E-state index in [9.17, 15) is 0 Å². The molecule has 0 fully saturated rings. The molecule has 0 amide bonds. The summed E-state index contributed by atoms with van der Waals surface area (Å²) in [7, 11) is 0. The van der Waals surface area contributed by atoms with E-state index in [-0.39, 0.29) is 0 Å². The van der Waals surface area contributed by atoms with E-state index in [2.05, 4.69) is 19.9 Å². The number of ether oxygens (including phenoxy) is 2. The first-order chi connectivity index (χ1) is 9.73. The highest BCUT2D eigenvalue weighted by Crippen LogP contribution is 2.37. The van der Waals surface area contributed by atoms with Gasteiger partial charge in [-0.2, -0.15) is 0 Å². The molecule has 118 valence electrons. The van der Waals surface area contributed by atoms with Gasteiger partial charge in [0.1, 0.15) is 5.75 Å². The quantitative estimate of drug-likeness (QED) is 0.501. The normalized spacial score (nSPS) is 23.3. The van der Waals surface area contributed by atoms with Crippen molar-refractivity contribution in [2.24, 2.45) is 5.92 Å². The third-order valence-corrected chi connectivity index (χ3v) is 6.67. The summed E-state index contributed by atoms with van der Waals surface area (Å²) >= 11 is 17.8. The number of fused-ring (bicyclic) bond motifs is 1. The predicted molar refractivity (Wildman–Crippen MR) is 91.5 cm³/mol. The Kier molecular flexibility index (Phi) is 5.53. The fourth-order valence-electron chi connectivity index (χ4n) is 2.37. The van der Waals surface area contributed by atoms with E-state index in [1.807, 2.05) is 19.1 Å². The third-order valence-electron chi connectivity index (χ3n) is 4.16. The SMILES string of the molecule is CCC(C)C1(C)OCc2cc(CC[Si](Cl)(Cl)Cl)ccc2O1. The Bertz CT molecular complexity index is 504. The molecule has 0 saturated heterocycles. The smallest absolute Gasteiger partial charge is 0.341 e. The molecular weight excluding hydrogens is 347 g/mol. The van der Waals surface area contributed by atoms with Crippen LogP contribution < -0.4 is 4.74 Å². The van der Waals surface area contributed by atoms with Gasteiger partial charge in [-0.05, 0) is 36.6 Å². The van der Waals surface area contributed by atoms with Crippen molar-refractivity contribution in [3.05, 3.63) is 29.3 Å². The summed E-state index contributed by atoms with van der Waals surface area (Å²) in [6.07, 6.45) is 1.79. The van der Waals surface area contributed by atoms with Gasteiger partial charge in [0.15, 0.2) is 0 Å². The molecule has 0 aromatic heterocycles. The van der Waals surface area contributed by atoms with Crippen molar-refractivity contribution < 1.29 is 9.47 Å². The average Bonchev–Trinajstić information content (AvgIpc) is 2.43. The Labute approximate surface area is 141 Å². The van der Waals surface area contributed by atoms with Gasteiger partial charge in [-0.25, -0.2) is 0 Å². The zero-order valence-corrected chi connectivity index (χ0v) is 15.9.